The van der Waals surface area contributed by atoms with Crippen LogP contribution in [0.1, 0.15) is 35.8 Å². The lowest BCUT2D eigenvalue weighted by atomic mass is 10.0. The molecule has 0 aliphatic rings. The molecule has 104 valence electrons. The van der Waals surface area contributed by atoms with Crippen LogP contribution in [0.15, 0.2) is 47.4 Å². The first kappa shape index (κ1) is 14.2. The SMILES string of the molecule is CC(C)n1cc(CC(=O)c2cccc(F)c2)ccc1=O. The number of benzene rings is 1. The van der Waals surface area contributed by atoms with Crippen molar-refractivity contribution < 1.29 is 9.18 Å². The summed E-state index contributed by atoms with van der Waals surface area (Å²) in [6.45, 7) is 3.80. The number of rotatable bonds is 4. The van der Waals surface area contributed by atoms with Crippen LogP contribution < -0.4 is 5.56 Å². The van der Waals surface area contributed by atoms with E-state index in [0.717, 1.165) is 5.56 Å². The Morgan fingerprint density at radius 1 is 1.25 bits per heavy atom. The molecule has 1 aromatic carbocycles. The van der Waals surface area contributed by atoms with Crippen molar-refractivity contribution in [2.45, 2.75) is 26.3 Å². The van der Waals surface area contributed by atoms with E-state index in [0.29, 0.717) is 5.56 Å². The van der Waals surface area contributed by atoms with E-state index in [-0.39, 0.29) is 23.8 Å². The highest BCUT2D eigenvalue weighted by Gasteiger charge is 2.09. The summed E-state index contributed by atoms with van der Waals surface area (Å²) in [6.07, 6.45) is 1.83. The van der Waals surface area contributed by atoms with Crippen molar-refractivity contribution in [3.8, 4) is 0 Å². The zero-order valence-electron chi connectivity index (χ0n) is 11.5. The van der Waals surface area contributed by atoms with Gasteiger partial charge in [-0.1, -0.05) is 18.2 Å². The van der Waals surface area contributed by atoms with Gasteiger partial charge in [-0.15, -0.1) is 0 Å². The molecule has 0 saturated heterocycles. The molecular weight excluding hydrogens is 257 g/mol. The number of nitrogens with zero attached hydrogens (tertiary/aromatic N) is 1. The minimum Gasteiger partial charge on any atom is -0.313 e. The number of hydrogen-bond donors (Lipinski definition) is 0. The minimum absolute atomic E-state index is 0.0340. The molecule has 2 aromatic rings. The van der Waals surface area contributed by atoms with E-state index in [1.807, 2.05) is 13.8 Å². The molecule has 3 nitrogen and oxygen atoms in total. The monoisotopic (exact) mass is 273 g/mol. The second-order valence-electron chi connectivity index (χ2n) is 4.99. The van der Waals surface area contributed by atoms with Crippen molar-refractivity contribution in [2.24, 2.45) is 0 Å². The molecule has 0 amide bonds. The zero-order valence-corrected chi connectivity index (χ0v) is 11.5. The molecule has 0 spiro atoms. The standard InChI is InChI=1S/C16H16FNO2/c1-11(2)18-10-12(6-7-16(18)20)8-15(19)13-4-3-5-14(17)9-13/h3-7,9-11H,8H2,1-2H3. The maximum atomic E-state index is 13.1. The number of hydrogen-bond acceptors (Lipinski definition) is 2. The van der Waals surface area contributed by atoms with Gasteiger partial charge in [-0.05, 0) is 31.5 Å². The zero-order chi connectivity index (χ0) is 14.7. The normalized spacial score (nSPS) is 10.8. The van der Waals surface area contributed by atoms with E-state index in [1.54, 1.807) is 22.9 Å². The second kappa shape index (κ2) is 5.82. The van der Waals surface area contributed by atoms with Gasteiger partial charge in [-0.3, -0.25) is 9.59 Å². The van der Waals surface area contributed by atoms with Crippen molar-refractivity contribution in [2.75, 3.05) is 0 Å². The quantitative estimate of drug-likeness (QED) is 0.803. The highest BCUT2D eigenvalue weighted by Crippen LogP contribution is 2.10. The summed E-state index contributed by atoms with van der Waals surface area (Å²) in [7, 11) is 0. The molecule has 0 bridgehead atoms. The summed E-state index contributed by atoms with van der Waals surface area (Å²) in [4.78, 5) is 23.7. The van der Waals surface area contributed by atoms with Crippen LogP contribution in [0, 0.1) is 5.82 Å². The number of pyridine rings is 1. The van der Waals surface area contributed by atoms with Gasteiger partial charge in [0.05, 0.1) is 0 Å². The van der Waals surface area contributed by atoms with E-state index in [4.69, 9.17) is 0 Å². The van der Waals surface area contributed by atoms with Crippen LogP contribution in [-0.4, -0.2) is 10.4 Å². The fraction of sp³-hybridized carbons (Fsp3) is 0.250. The van der Waals surface area contributed by atoms with Gasteiger partial charge >= 0.3 is 0 Å². The molecule has 4 heteroatoms. The van der Waals surface area contributed by atoms with Gasteiger partial charge in [0.15, 0.2) is 5.78 Å². The van der Waals surface area contributed by atoms with Crippen LogP contribution in [0.25, 0.3) is 0 Å². The van der Waals surface area contributed by atoms with Gasteiger partial charge in [-0.25, -0.2) is 4.39 Å². The minimum atomic E-state index is -0.428. The lowest BCUT2D eigenvalue weighted by Gasteiger charge is -2.11. The third-order valence-corrected chi connectivity index (χ3v) is 3.07. The second-order valence-corrected chi connectivity index (χ2v) is 4.99. The van der Waals surface area contributed by atoms with Crippen LogP contribution in [0.5, 0.6) is 0 Å². The van der Waals surface area contributed by atoms with Gasteiger partial charge in [-0.2, -0.15) is 0 Å². The molecule has 0 radical (unpaired) electrons. The van der Waals surface area contributed by atoms with E-state index in [1.165, 1.54) is 24.3 Å². The molecule has 2 rings (SSSR count). The number of halogens is 1. The highest BCUT2D eigenvalue weighted by atomic mass is 19.1. The predicted octanol–water partition coefficient (Wildman–Crippen LogP) is 2.99. The Kier molecular flexibility index (Phi) is 4.13. The molecule has 20 heavy (non-hydrogen) atoms. The summed E-state index contributed by atoms with van der Waals surface area (Å²) in [5.74, 6) is -0.596. The van der Waals surface area contributed by atoms with Crippen molar-refractivity contribution in [1.29, 1.82) is 0 Å². The lowest BCUT2D eigenvalue weighted by Crippen LogP contribution is -2.21. The Labute approximate surface area is 116 Å². The summed E-state index contributed by atoms with van der Waals surface area (Å²) in [5.41, 5.74) is 0.988. The van der Waals surface area contributed by atoms with Gasteiger partial charge in [0.1, 0.15) is 5.82 Å². The van der Waals surface area contributed by atoms with Crippen molar-refractivity contribution in [3.05, 3.63) is 69.9 Å². The molecule has 0 atom stereocenters. The van der Waals surface area contributed by atoms with E-state index in [9.17, 15) is 14.0 Å². The van der Waals surface area contributed by atoms with E-state index >= 15 is 0 Å². The summed E-state index contributed by atoms with van der Waals surface area (Å²) >= 11 is 0. The van der Waals surface area contributed by atoms with Gasteiger partial charge in [0.2, 0.25) is 0 Å². The first-order chi connectivity index (χ1) is 9.47. The average molecular weight is 273 g/mol. The largest absolute Gasteiger partial charge is 0.313 e. The molecule has 1 heterocycles. The Bertz CT molecular complexity index is 689. The number of carbonyl (C=O) groups excluding carboxylic acids is 1. The topological polar surface area (TPSA) is 39.1 Å². The third kappa shape index (κ3) is 3.20. The molecule has 0 aliphatic heterocycles. The first-order valence-corrected chi connectivity index (χ1v) is 6.47. The van der Waals surface area contributed by atoms with Crippen molar-refractivity contribution >= 4 is 5.78 Å². The molecule has 0 saturated carbocycles. The molecule has 1 aromatic heterocycles. The summed E-state index contributed by atoms with van der Waals surface area (Å²) in [5, 5.41) is 0. The Hall–Kier alpha value is -2.23. The Balaban J connectivity index is 2.24. The molecule has 0 N–H and O–H groups in total. The fourth-order valence-electron chi connectivity index (χ4n) is 2.01. The number of aromatic nitrogens is 1. The third-order valence-electron chi connectivity index (χ3n) is 3.07. The maximum absolute atomic E-state index is 13.1. The van der Waals surface area contributed by atoms with Crippen LogP contribution in [0.3, 0.4) is 0 Å². The first-order valence-electron chi connectivity index (χ1n) is 6.47. The van der Waals surface area contributed by atoms with Crippen LogP contribution >= 0.6 is 0 Å². The number of ketones is 1. The number of carbonyl (C=O) groups is 1. The molecule has 0 unspecified atom stereocenters. The molecule has 0 aliphatic carbocycles. The fourth-order valence-corrected chi connectivity index (χ4v) is 2.01. The van der Waals surface area contributed by atoms with Gasteiger partial charge < -0.3 is 4.57 Å². The van der Waals surface area contributed by atoms with Gasteiger partial charge in [0.25, 0.3) is 5.56 Å². The van der Waals surface area contributed by atoms with Crippen molar-refractivity contribution in [1.82, 2.24) is 4.57 Å². The van der Waals surface area contributed by atoms with E-state index in [2.05, 4.69) is 0 Å². The van der Waals surface area contributed by atoms with E-state index < -0.39 is 5.82 Å². The van der Waals surface area contributed by atoms with Crippen molar-refractivity contribution in [3.63, 3.8) is 0 Å². The maximum Gasteiger partial charge on any atom is 0.250 e. The predicted molar refractivity (Wildman–Crippen MR) is 75.5 cm³/mol. The van der Waals surface area contributed by atoms with Crippen LogP contribution in [0.4, 0.5) is 4.39 Å². The lowest BCUT2D eigenvalue weighted by molar-refractivity contribution is 0.0992. The summed E-state index contributed by atoms with van der Waals surface area (Å²) < 4.78 is 14.7. The number of Topliss-reactive ketones (excluding diaryl/α,β-unsaturated/α-hetero) is 1. The van der Waals surface area contributed by atoms with Crippen LogP contribution in [0.2, 0.25) is 0 Å². The average Bonchev–Trinajstić information content (AvgIpc) is 2.40. The molecular formula is C16H16FNO2. The van der Waals surface area contributed by atoms with Gasteiger partial charge in [0, 0.05) is 30.3 Å². The highest BCUT2D eigenvalue weighted by molar-refractivity contribution is 5.97. The van der Waals surface area contributed by atoms with Crippen LogP contribution in [-0.2, 0) is 6.42 Å². The smallest absolute Gasteiger partial charge is 0.250 e. The Morgan fingerprint density at radius 3 is 2.65 bits per heavy atom. The Morgan fingerprint density at radius 2 is 2.00 bits per heavy atom. The molecule has 0 fully saturated rings. The summed E-state index contributed by atoms with van der Waals surface area (Å²) in [6, 6.07) is 8.75.